The summed E-state index contributed by atoms with van der Waals surface area (Å²) < 4.78 is 6.02. The fourth-order valence-corrected chi connectivity index (χ4v) is 7.95. The summed E-state index contributed by atoms with van der Waals surface area (Å²) in [5.41, 5.74) is 3.17. The number of carboxylic acids is 1. The molecular weight excluding hydrogens is 680 g/mol. The monoisotopic (exact) mass is 730 g/mol. The second-order valence-electron chi connectivity index (χ2n) is 14.3. The zero-order chi connectivity index (χ0) is 37.5. The maximum absolute atomic E-state index is 14.1. The Labute approximate surface area is 309 Å². The number of rotatable bonds is 10. The number of urea groups is 1. The van der Waals surface area contributed by atoms with Crippen LogP contribution in [0.3, 0.4) is 0 Å². The number of phenols is 1. The number of nitrogens with one attached hydrogen (secondary N) is 1. The predicted molar refractivity (Wildman–Crippen MR) is 197 cm³/mol. The van der Waals surface area contributed by atoms with Crippen LogP contribution in [0.5, 0.6) is 5.75 Å². The Hall–Kier alpha value is -5.11. The molecule has 2 aromatic rings. The smallest absolute Gasteiger partial charge is 0.410 e. The third kappa shape index (κ3) is 9.28. The van der Waals surface area contributed by atoms with Gasteiger partial charge in [0.05, 0.1) is 6.42 Å². The van der Waals surface area contributed by atoms with Crippen LogP contribution in [0.1, 0.15) is 55.2 Å². The molecule has 4 aliphatic heterocycles. The van der Waals surface area contributed by atoms with Gasteiger partial charge in [-0.1, -0.05) is 36.9 Å². The molecule has 0 radical (unpaired) electrons. The lowest BCUT2D eigenvalue weighted by molar-refractivity contribution is -0.143. The highest BCUT2D eigenvalue weighted by molar-refractivity contribution is 5.91. The van der Waals surface area contributed by atoms with Gasteiger partial charge in [0, 0.05) is 95.1 Å². The van der Waals surface area contributed by atoms with Gasteiger partial charge >= 0.3 is 18.1 Å². The third-order valence-electron chi connectivity index (χ3n) is 11.1. The van der Waals surface area contributed by atoms with Gasteiger partial charge < -0.3 is 39.9 Å². The number of phenolic OH excluding ortho intramolecular Hbond substituents is 1. The molecule has 0 saturated carbocycles. The number of hydrogen-bond acceptors (Lipinski definition) is 8. The van der Waals surface area contributed by atoms with E-state index in [9.17, 15) is 29.1 Å². The number of carbonyl (C=O) groups is 5. The Morgan fingerprint density at radius 1 is 0.849 bits per heavy atom. The summed E-state index contributed by atoms with van der Waals surface area (Å²) in [7, 11) is 0. The molecule has 5 amide bonds. The SMILES string of the molecule is C=Cc1cc(C[C@@H](OC(=O)N2CCC(N3CCc4ccccc4NC3=O)CC2)C(=O)N2CCC(N3CCN(C(=O)CCC(=O)O)CC3)CC2)ccc1O. The number of aliphatic carboxylic acids is 1. The maximum atomic E-state index is 14.1. The highest BCUT2D eigenvalue weighted by Crippen LogP contribution is 2.27. The van der Waals surface area contributed by atoms with Gasteiger partial charge in [-0.3, -0.25) is 19.3 Å². The number of piperazine rings is 1. The molecule has 2 aromatic carbocycles. The summed E-state index contributed by atoms with van der Waals surface area (Å²) in [5, 5.41) is 22.1. The Balaban J connectivity index is 1.04. The van der Waals surface area contributed by atoms with Crippen LogP contribution in [0, 0.1) is 0 Å². The molecule has 6 rings (SSSR count). The summed E-state index contributed by atoms with van der Waals surface area (Å²) in [6.07, 6.45) is 3.27. The van der Waals surface area contributed by atoms with Crippen molar-refractivity contribution in [3.8, 4) is 5.75 Å². The molecule has 0 aromatic heterocycles. The molecule has 0 spiro atoms. The second kappa shape index (κ2) is 17.1. The average molecular weight is 731 g/mol. The molecule has 3 saturated heterocycles. The molecule has 4 heterocycles. The highest BCUT2D eigenvalue weighted by atomic mass is 16.6. The van der Waals surface area contributed by atoms with E-state index in [1.54, 1.807) is 32.9 Å². The zero-order valence-corrected chi connectivity index (χ0v) is 30.2. The molecule has 3 fully saturated rings. The molecule has 1 atom stereocenters. The topological polar surface area (TPSA) is 163 Å². The van der Waals surface area contributed by atoms with E-state index in [-0.39, 0.29) is 54.9 Å². The molecule has 0 aliphatic carbocycles. The van der Waals surface area contributed by atoms with Crippen molar-refractivity contribution in [2.24, 2.45) is 0 Å². The number of amides is 5. The summed E-state index contributed by atoms with van der Waals surface area (Å²) in [4.78, 5) is 73.4. The van der Waals surface area contributed by atoms with E-state index < -0.39 is 18.2 Å². The molecule has 4 aliphatic rings. The van der Waals surface area contributed by atoms with Gasteiger partial charge in [-0.25, -0.2) is 9.59 Å². The minimum Gasteiger partial charge on any atom is -0.507 e. The number of hydrogen-bond donors (Lipinski definition) is 3. The average Bonchev–Trinajstić information content (AvgIpc) is 3.35. The van der Waals surface area contributed by atoms with Crippen molar-refractivity contribution in [3.63, 3.8) is 0 Å². The predicted octanol–water partition coefficient (Wildman–Crippen LogP) is 3.64. The van der Waals surface area contributed by atoms with Crippen molar-refractivity contribution in [2.45, 2.75) is 69.6 Å². The van der Waals surface area contributed by atoms with E-state index in [0.717, 1.165) is 36.1 Å². The molecule has 0 unspecified atom stereocenters. The summed E-state index contributed by atoms with van der Waals surface area (Å²) in [6, 6.07) is 12.9. The summed E-state index contributed by atoms with van der Waals surface area (Å²) >= 11 is 0. The van der Waals surface area contributed by atoms with Crippen LogP contribution in [0.4, 0.5) is 15.3 Å². The number of likely N-dealkylation sites (tertiary alicyclic amines) is 2. The second-order valence-corrected chi connectivity index (χ2v) is 14.3. The molecule has 0 bridgehead atoms. The number of ether oxygens (including phenoxy) is 1. The minimum atomic E-state index is -1.07. The highest BCUT2D eigenvalue weighted by Gasteiger charge is 2.37. The van der Waals surface area contributed by atoms with Crippen LogP contribution in [0.2, 0.25) is 0 Å². The van der Waals surface area contributed by atoms with Gasteiger partial charge in [-0.2, -0.15) is 0 Å². The van der Waals surface area contributed by atoms with Gasteiger partial charge in [0.25, 0.3) is 5.91 Å². The van der Waals surface area contributed by atoms with Crippen molar-refractivity contribution < 1.29 is 38.9 Å². The van der Waals surface area contributed by atoms with E-state index in [4.69, 9.17) is 9.84 Å². The number of carbonyl (C=O) groups excluding carboxylic acids is 4. The molecule has 284 valence electrons. The first-order chi connectivity index (χ1) is 25.6. The molecular formula is C39H50N6O8. The van der Waals surface area contributed by atoms with Gasteiger partial charge in [0.1, 0.15) is 5.75 Å². The molecule has 14 heteroatoms. The number of aromatic hydroxyl groups is 1. The van der Waals surface area contributed by atoms with Crippen LogP contribution in [0.25, 0.3) is 6.08 Å². The van der Waals surface area contributed by atoms with Crippen LogP contribution < -0.4 is 5.32 Å². The Morgan fingerprint density at radius 2 is 1.53 bits per heavy atom. The lowest BCUT2D eigenvalue weighted by Gasteiger charge is -2.43. The number of benzene rings is 2. The van der Waals surface area contributed by atoms with Gasteiger partial charge in [-0.15, -0.1) is 0 Å². The normalized spacial score (nSPS) is 19.5. The molecule has 14 nitrogen and oxygen atoms in total. The van der Waals surface area contributed by atoms with Crippen LogP contribution >= 0.6 is 0 Å². The Bertz CT molecular complexity index is 1680. The largest absolute Gasteiger partial charge is 0.507 e. The van der Waals surface area contributed by atoms with Crippen molar-refractivity contribution in [3.05, 3.63) is 65.7 Å². The van der Waals surface area contributed by atoms with Crippen LogP contribution in [-0.4, -0.2) is 142 Å². The first-order valence-electron chi connectivity index (χ1n) is 18.7. The van der Waals surface area contributed by atoms with Crippen molar-refractivity contribution >= 4 is 41.7 Å². The number of fused-ring (bicyclic) bond motifs is 1. The fourth-order valence-electron chi connectivity index (χ4n) is 7.95. The minimum absolute atomic E-state index is 0.00583. The zero-order valence-electron chi connectivity index (χ0n) is 30.2. The van der Waals surface area contributed by atoms with E-state index in [1.165, 1.54) is 6.08 Å². The lowest BCUT2D eigenvalue weighted by atomic mass is 9.99. The van der Waals surface area contributed by atoms with Crippen molar-refractivity contribution in [1.29, 1.82) is 0 Å². The Morgan fingerprint density at radius 3 is 2.23 bits per heavy atom. The van der Waals surface area contributed by atoms with E-state index in [1.807, 2.05) is 29.2 Å². The summed E-state index contributed by atoms with van der Waals surface area (Å²) in [6.45, 7) is 8.61. The van der Waals surface area contributed by atoms with E-state index >= 15 is 0 Å². The lowest BCUT2D eigenvalue weighted by Crippen LogP contribution is -2.56. The number of para-hydroxylation sites is 1. The van der Waals surface area contributed by atoms with Gasteiger partial charge in [0.15, 0.2) is 6.10 Å². The Kier molecular flexibility index (Phi) is 12.2. The number of piperidine rings is 2. The van der Waals surface area contributed by atoms with Crippen molar-refractivity contribution in [2.75, 3.05) is 64.2 Å². The number of carboxylic acid groups (broad SMARTS) is 1. The summed E-state index contributed by atoms with van der Waals surface area (Å²) in [5.74, 6) is -1.31. The van der Waals surface area contributed by atoms with Gasteiger partial charge in [-0.05, 0) is 61.4 Å². The quantitative estimate of drug-likeness (QED) is 0.331. The first kappa shape index (κ1) is 37.6. The van der Waals surface area contributed by atoms with E-state index in [2.05, 4.69) is 16.8 Å². The number of nitrogens with zero attached hydrogens (tertiary/aromatic N) is 5. The molecule has 53 heavy (non-hydrogen) atoms. The standard InChI is InChI=1S/C39H50N6O8/c1-2-28-25-27(7-8-33(28)46)26-34(37(50)43-16-12-30(13-17-43)41-21-23-42(24-22-41)35(47)9-10-36(48)49)53-39(52)44-18-14-31(15-19-44)45-20-11-29-5-3-4-6-32(29)40-38(45)51/h2-8,25,30-31,34,46H,1,9-24,26H2,(H,40,51)(H,48,49)/t34-/m1/s1. The maximum Gasteiger partial charge on any atom is 0.410 e. The van der Waals surface area contributed by atoms with Gasteiger partial charge in [0.2, 0.25) is 5.91 Å². The first-order valence-corrected chi connectivity index (χ1v) is 18.7. The van der Waals surface area contributed by atoms with Crippen LogP contribution in [-0.2, 0) is 32.0 Å². The number of anilines is 1. The van der Waals surface area contributed by atoms with E-state index in [0.29, 0.717) is 77.3 Å². The van der Waals surface area contributed by atoms with Crippen molar-refractivity contribution in [1.82, 2.24) is 24.5 Å². The molecule has 3 N–H and O–H groups in total. The fraction of sp³-hybridized carbons (Fsp3) is 0.513. The third-order valence-corrected chi connectivity index (χ3v) is 11.1. The van der Waals surface area contributed by atoms with Crippen LogP contribution in [0.15, 0.2) is 49.0 Å².